The highest BCUT2D eigenvalue weighted by atomic mass is 19.4. The van der Waals surface area contributed by atoms with E-state index in [0.29, 0.717) is 72.7 Å². The third-order valence-corrected chi connectivity index (χ3v) is 13.3. The highest BCUT2D eigenvalue weighted by molar-refractivity contribution is 6.06. The summed E-state index contributed by atoms with van der Waals surface area (Å²) in [6.07, 6.45) is 0.712. The number of hydrogen-bond donors (Lipinski definition) is 2. The number of aryl methyl sites for hydroxylation is 1. The van der Waals surface area contributed by atoms with Gasteiger partial charge < -0.3 is 24.9 Å². The number of rotatable bonds is 12. The number of anilines is 4. The summed E-state index contributed by atoms with van der Waals surface area (Å²) in [6, 6.07) is 13.6. The fourth-order valence-corrected chi connectivity index (χ4v) is 9.52. The molecule has 17 heteroatoms. The van der Waals surface area contributed by atoms with Crippen LogP contribution < -0.4 is 25.3 Å². The number of hydrogen-bond acceptors (Lipinski definition) is 11. The summed E-state index contributed by atoms with van der Waals surface area (Å²) < 4.78 is 40.5. The average molecular weight is 870 g/mol. The number of halogens is 3. The Labute approximate surface area is 365 Å². The number of fused-ring (bicyclic) bond motifs is 1. The fourth-order valence-electron chi connectivity index (χ4n) is 9.52. The molecule has 63 heavy (non-hydrogen) atoms. The molecule has 14 nitrogen and oxygen atoms in total. The quantitative estimate of drug-likeness (QED) is 0.223. The number of carbonyl (C=O) groups excluding carboxylic acids is 5. The van der Waals surface area contributed by atoms with Crippen LogP contribution in [0.1, 0.15) is 73.0 Å². The minimum absolute atomic E-state index is 0.107. The van der Waals surface area contributed by atoms with E-state index in [1.807, 2.05) is 36.1 Å². The molecule has 3 aromatic rings. The molecule has 0 saturated carbocycles. The van der Waals surface area contributed by atoms with Crippen molar-refractivity contribution in [1.29, 1.82) is 5.26 Å². The van der Waals surface area contributed by atoms with Gasteiger partial charge >= 0.3 is 6.18 Å². The Kier molecular flexibility index (Phi) is 13.7. The van der Waals surface area contributed by atoms with E-state index in [4.69, 9.17) is 5.26 Å². The van der Waals surface area contributed by atoms with E-state index in [1.165, 1.54) is 19.1 Å². The predicted octanol–water partition coefficient (Wildman–Crippen LogP) is 5.46. The Morgan fingerprint density at radius 2 is 1.51 bits per heavy atom. The van der Waals surface area contributed by atoms with Gasteiger partial charge in [-0.25, -0.2) is 4.98 Å². The Morgan fingerprint density at radius 1 is 0.889 bits per heavy atom. The van der Waals surface area contributed by atoms with Crippen LogP contribution in [-0.2, 0) is 25.4 Å². The summed E-state index contributed by atoms with van der Waals surface area (Å²) >= 11 is 0. The Bertz CT molecular complexity index is 2220. The molecular weight excluding hydrogens is 816 g/mol. The van der Waals surface area contributed by atoms with Crippen LogP contribution in [0.25, 0.3) is 0 Å². The van der Waals surface area contributed by atoms with Crippen molar-refractivity contribution in [1.82, 2.24) is 20.1 Å². The van der Waals surface area contributed by atoms with Crippen molar-refractivity contribution in [3.8, 4) is 6.07 Å². The molecule has 334 valence electrons. The van der Waals surface area contributed by atoms with Crippen molar-refractivity contribution in [3.05, 3.63) is 77.0 Å². The molecular formula is C46H54F3N9O5. The smallest absolute Gasteiger partial charge is 0.371 e. The summed E-state index contributed by atoms with van der Waals surface area (Å²) in [5, 5.41) is 14.2. The van der Waals surface area contributed by atoms with Crippen molar-refractivity contribution < 1.29 is 37.1 Å². The summed E-state index contributed by atoms with van der Waals surface area (Å²) in [6.45, 7) is 12.5. The van der Waals surface area contributed by atoms with Crippen LogP contribution in [0.4, 0.5) is 36.1 Å². The first-order valence-electron chi connectivity index (χ1n) is 21.7. The molecule has 4 saturated heterocycles. The molecule has 5 heterocycles. The van der Waals surface area contributed by atoms with Crippen molar-refractivity contribution in [2.75, 3.05) is 78.9 Å². The molecule has 0 spiro atoms. The van der Waals surface area contributed by atoms with Gasteiger partial charge in [0.05, 0.1) is 29.1 Å². The number of nitriles is 1. The van der Waals surface area contributed by atoms with Gasteiger partial charge in [0.25, 0.3) is 5.91 Å². The second-order valence-electron chi connectivity index (χ2n) is 17.3. The summed E-state index contributed by atoms with van der Waals surface area (Å²) in [5.74, 6) is -0.0824. The molecule has 1 aromatic heterocycles. The fraction of sp³-hybridized carbons (Fsp3) is 0.500. The summed E-state index contributed by atoms with van der Waals surface area (Å²) in [4.78, 5) is 76.9. The minimum atomic E-state index is -4.63. The Morgan fingerprint density at radius 3 is 2.10 bits per heavy atom. The number of amides is 5. The lowest BCUT2D eigenvalue weighted by Gasteiger charge is -2.35. The van der Waals surface area contributed by atoms with Crippen LogP contribution in [0.5, 0.6) is 0 Å². The molecule has 3 unspecified atom stereocenters. The number of piperidine rings is 2. The standard InChI is InChI=1S/C46H54F3N9O5/c1-4-42(60)53-43(61)30(3)58(28-59)45(63)39-9-7-36(19-29(39)2)57-26-34-24-54(25-35(34)27-57)23-31-11-15-56(16-12-31)38-8-10-41(51-22-38)52-44(62)32-13-17-55(18-14-32)37-6-5-33(21-50)40(20-37)46(47,48)49/h5-10,19-20,22,28,30-32,34-35H,4,11-18,23-27H2,1-3H3,(H,51,52,62)(H,53,60,61). The van der Waals surface area contributed by atoms with Gasteiger partial charge in [-0.05, 0) is 111 Å². The SMILES string of the molecule is CCC(=O)NC(=O)C(C)N(C=O)C(=O)c1ccc(N2CC3CN(CC4CCN(c5ccc(NC(=O)C6CCN(c7ccc(C#N)c(C(F)(F)F)c7)CC6)nc5)CC4)CC3C2)cc1C. The van der Waals surface area contributed by atoms with E-state index in [1.54, 1.807) is 25.3 Å². The van der Waals surface area contributed by atoms with Crippen LogP contribution in [0.3, 0.4) is 0 Å². The van der Waals surface area contributed by atoms with Gasteiger partial charge in [-0.3, -0.25) is 34.2 Å². The molecule has 4 aliphatic heterocycles. The van der Waals surface area contributed by atoms with Crippen LogP contribution in [0.2, 0.25) is 0 Å². The number of carbonyl (C=O) groups is 5. The normalized spacial score (nSPS) is 20.2. The van der Waals surface area contributed by atoms with Gasteiger partial charge in [-0.2, -0.15) is 18.4 Å². The molecule has 2 N–H and O–H groups in total. The molecule has 3 atom stereocenters. The van der Waals surface area contributed by atoms with Crippen molar-refractivity contribution >= 4 is 52.9 Å². The van der Waals surface area contributed by atoms with Gasteiger partial charge in [0, 0.05) is 88.2 Å². The lowest BCUT2D eigenvalue weighted by molar-refractivity contribution is -0.138. The maximum absolute atomic E-state index is 13.5. The molecule has 5 amide bonds. The van der Waals surface area contributed by atoms with Crippen LogP contribution >= 0.6 is 0 Å². The lowest BCUT2D eigenvalue weighted by atomic mass is 9.95. The van der Waals surface area contributed by atoms with Gasteiger partial charge in [0.1, 0.15) is 11.9 Å². The lowest BCUT2D eigenvalue weighted by Crippen LogP contribution is -2.48. The number of nitrogens with zero attached hydrogens (tertiary/aromatic N) is 7. The molecule has 4 fully saturated rings. The zero-order valence-corrected chi connectivity index (χ0v) is 35.9. The van der Waals surface area contributed by atoms with Crippen molar-refractivity contribution in [3.63, 3.8) is 0 Å². The van der Waals surface area contributed by atoms with E-state index in [2.05, 4.69) is 30.3 Å². The molecule has 2 aromatic carbocycles. The highest BCUT2D eigenvalue weighted by Crippen LogP contribution is 2.37. The monoisotopic (exact) mass is 869 g/mol. The van der Waals surface area contributed by atoms with E-state index < -0.39 is 41.1 Å². The van der Waals surface area contributed by atoms with Crippen LogP contribution in [0.15, 0.2) is 54.7 Å². The van der Waals surface area contributed by atoms with Crippen molar-refractivity contribution in [2.45, 2.75) is 65.1 Å². The molecule has 7 rings (SSSR count). The molecule has 0 aliphatic carbocycles. The molecule has 4 aliphatic rings. The van der Waals surface area contributed by atoms with Crippen molar-refractivity contribution in [2.24, 2.45) is 23.7 Å². The van der Waals surface area contributed by atoms with Gasteiger partial charge in [0.2, 0.25) is 24.1 Å². The average Bonchev–Trinajstić information content (AvgIpc) is 3.85. The first kappa shape index (κ1) is 45.0. The van der Waals surface area contributed by atoms with E-state index >= 15 is 0 Å². The second-order valence-corrected chi connectivity index (χ2v) is 17.3. The van der Waals surface area contributed by atoms with Crippen LogP contribution in [-0.4, -0.2) is 110 Å². The summed E-state index contributed by atoms with van der Waals surface area (Å²) in [7, 11) is 0. The largest absolute Gasteiger partial charge is 0.417 e. The zero-order chi connectivity index (χ0) is 45.0. The first-order chi connectivity index (χ1) is 30.1. The third-order valence-electron chi connectivity index (χ3n) is 13.3. The number of nitrogens with one attached hydrogen (secondary N) is 2. The topological polar surface area (TPSA) is 162 Å². The maximum Gasteiger partial charge on any atom is 0.417 e. The highest BCUT2D eigenvalue weighted by Gasteiger charge is 2.41. The number of aromatic nitrogens is 1. The molecule has 0 bridgehead atoms. The number of alkyl halides is 3. The Balaban J connectivity index is 0.824. The number of pyridine rings is 1. The molecule has 0 radical (unpaired) electrons. The van der Waals surface area contributed by atoms with Gasteiger partial charge in [-0.1, -0.05) is 6.92 Å². The van der Waals surface area contributed by atoms with E-state index in [0.717, 1.165) is 81.0 Å². The first-order valence-corrected chi connectivity index (χ1v) is 21.7. The minimum Gasteiger partial charge on any atom is -0.371 e. The predicted molar refractivity (Wildman–Crippen MR) is 231 cm³/mol. The number of benzene rings is 2. The maximum atomic E-state index is 13.5. The van der Waals surface area contributed by atoms with Gasteiger partial charge in [0.15, 0.2) is 0 Å². The third kappa shape index (κ3) is 10.3. The Hall–Kier alpha value is -6.02. The summed E-state index contributed by atoms with van der Waals surface area (Å²) in [5.41, 5.74) is 2.08. The number of likely N-dealkylation sites (tertiary alicyclic amines) is 1. The number of imide groups is 2. The van der Waals surface area contributed by atoms with Gasteiger partial charge in [-0.15, -0.1) is 0 Å². The van der Waals surface area contributed by atoms with Crippen LogP contribution in [0, 0.1) is 41.9 Å². The zero-order valence-electron chi connectivity index (χ0n) is 35.9. The van der Waals surface area contributed by atoms with E-state index in [9.17, 15) is 37.1 Å². The second kappa shape index (κ2) is 19.2. The van der Waals surface area contributed by atoms with E-state index in [-0.39, 0.29) is 18.2 Å².